The maximum atomic E-state index is 11.2. The third-order valence-electron chi connectivity index (χ3n) is 3.06. The van der Waals surface area contributed by atoms with Gasteiger partial charge in [-0.1, -0.05) is 25.5 Å². The average molecular weight is 284 g/mol. The molecule has 0 saturated heterocycles. The SMILES string of the molecule is CCCc1cc(OC(C)=O)n(-c2nc3ccccc3[nH]2)n1. The molecule has 0 aliphatic heterocycles. The Morgan fingerprint density at radius 1 is 1.38 bits per heavy atom. The molecule has 21 heavy (non-hydrogen) atoms. The van der Waals surface area contributed by atoms with E-state index in [1.165, 1.54) is 11.6 Å². The molecule has 0 aliphatic rings. The smallest absolute Gasteiger partial charge is 0.309 e. The van der Waals surface area contributed by atoms with Crippen LogP contribution in [0.25, 0.3) is 17.0 Å². The van der Waals surface area contributed by atoms with E-state index in [0.29, 0.717) is 11.8 Å². The van der Waals surface area contributed by atoms with Gasteiger partial charge >= 0.3 is 5.97 Å². The van der Waals surface area contributed by atoms with E-state index >= 15 is 0 Å². The number of carbonyl (C=O) groups excluding carboxylic acids is 1. The van der Waals surface area contributed by atoms with Gasteiger partial charge in [0.25, 0.3) is 0 Å². The van der Waals surface area contributed by atoms with Crippen molar-refractivity contribution in [1.29, 1.82) is 0 Å². The van der Waals surface area contributed by atoms with Crippen molar-refractivity contribution < 1.29 is 9.53 Å². The molecule has 0 radical (unpaired) electrons. The second kappa shape index (κ2) is 5.40. The first kappa shape index (κ1) is 13.4. The summed E-state index contributed by atoms with van der Waals surface area (Å²) in [6, 6.07) is 9.48. The maximum Gasteiger partial charge on any atom is 0.309 e. The first-order valence-corrected chi connectivity index (χ1v) is 6.90. The number of benzene rings is 1. The molecule has 0 aliphatic carbocycles. The number of rotatable bonds is 4. The molecule has 1 N–H and O–H groups in total. The van der Waals surface area contributed by atoms with E-state index in [0.717, 1.165) is 29.6 Å². The highest BCUT2D eigenvalue weighted by molar-refractivity contribution is 5.76. The van der Waals surface area contributed by atoms with E-state index < -0.39 is 0 Å². The zero-order valence-corrected chi connectivity index (χ0v) is 12.0. The lowest BCUT2D eigenvalue weighted by molar-refractivity contribution is -0.132. The minimum Gasteiger partial charge on any atom is -0.407 e. The van der Waals surface area contributed by atoms with Crippen molar-refractivity contribution >= 4 is 17.0 Å². The van der Waals surface area contributed by atoms with Crippen LogP contribution in [0.1, 0.15) is 26.0 Å². The van der Waals surface area contributed by atoms with Crippen molar-refractivity contribution in [3.05, 3.63) is 36.0 Å². The molecule has 0 amide bonds. The van der Waals surface area contributed by atoms with Gasteiger partial charge in [0.05, 0.1) is 16.7 Å². The van der Waals surface area contributed by atoms with Crippen LogP contribution >= 0.6 is 0 Å². The second-order valence-electron chi connectivity index (χ2n) is 4.81. The quantitative estimate of drug-likeness (QED) is 0.747. The van der Waals surface area contributed by atoms with Crippen molar-refractivity contribution in [2.24, 2.45) is 0 Å². The Morgan fingerprint density at radius 2 is 2.19 bits per heavy atom. The van der Waals surface area contributed by atoms with Crippen LogP contribution in [0.4, 0.5) is 0 Å². The van der Waals surface area contributed by atoms with Gasteiger partial charge in [0.1, 0.15) is 0 Å². The summed E-state index contributed by atoms with van der Waals surface area (Å²) in [5.74, 6) is 0.537. The molecule has 3 rings (SSSR count). The molecule has 2 heterocycles. The van der Waals surface area contributed by atoms with Gasteiger partial charge < -0.3 is 9.72 Å². The van der Waals surface area contributed by atoms with Crippen molar-refractivity contribution in [3.63, 3.8) is 0 Å². The second-order valence-corrected chi connectivity index (χ2v) is 4.81. The van der Waals surface area contributed by atoms with Crippen molar-refractivity contribution in [1.82, 2.24) is 19.7 Å². The van der Waals surface area contributed by atoms with Crippen LogP contribution in [0.15, 0.2) is 30.3 Å². The van der Waals surface area contributed by atoms with Gasteiger partial charge in [0.15, 0.2) is 0 Å². The van der Waals surface area contributed by atoms with Crippen LogP contribution in [0.5, 0.6) is 5.88 Å². The molecular weight excluding hydrogens is 268 g/mol. The predicted molar refractivity (Wildman–Crippen MR) is 78.5 cm³/mol. The van der Waals surface area contributed by atoms with Gasteiger partial charge in [-0.2, -0.15) is 9.78 Å². The number of nitrogens with one attached hydrogen (secondary N) is 1. The number of esters is 1. The number of hydrogen-bond donors (Lipinski definition) is 1. The number of hydrogen-bond acceptors (Lipinski definition) is 4. The number of H-pyrrole nitrogens is 1. The number of imidazole rings is 1. The summed E-state index contributed by atoms with van der Waals surface area (Å²) in [5.41, 5.74) is 2.62. The highest BCUT2D eigenvalue weighted by Gasteiger charge is 2.15. The average Bonchev–Trinajstić information content (AvgIpc) is 3.02. The van der Waals surface area contributed by atoms with Gasteiger partial charge in [0.2, 0.25) is 11.8 Å². The molecule has 0 unspecified atom stereocenters. The largest absolute Gasteiger partial charge is 0.407 e. The molecule has 1 aromatic carbocycles. The van der Waals surface area contributed by atoms with Crippen LogP contribution in [0.3, 0.4) is 0 Å². The van der Waals surface area contributed by atoms with Crippen LogP contribution in [-0.4, -0.2) is 25.7 Å². The van der Waals surface area contributed by atoms with Crippen molar-refractivity contribution in [3.8, 4) is 11.8 Å². The molecule has 0 saturated carbocycles. The third kappa shape index (κ3) is 2.65. The maximum absolute atomic E-state index is 11.2. The molecule has 108 valence electrons. The van der Waals surface area contributed by atoms with E-state index in [-0.39, 0.29) is 5.97 Å². The molecule has 3 aromatic rings. The van der Waals surface area contributed by atoms with E-state index in [1.807, 2.05) is 24.3 Å². The summed E-state index contributed by atoms with van der Waals surface area (Å²) in [6.45, 7) is 3.45. The number of aromatic nitrogens is 4. The lowest BCUT2D eigenvalue weighted by atomic mass is 10.2. The molecule has 0 atom stereocenters. The fraction of sp³-hybridized carbons (Fsp3) is 0.267. The van der Waals surface area contributed by atoms with Gasteiger partial charge in [-0.05, 0) is 18.6 Å². The molecular formula is C15H16N4O2. The predicted octanol–water partition coefficient (Wildman–Crippen LogP) is 2.63. The summed E-state index contributed by atoms with van der Waals surface area (Å²) >= 11 is 0. The highest BCUT2D eigenvalue weighted by atomic mass is 16.5. The van der Waals surface area contributed by atoms with E-state index in [9.17, 15) is 4.79 Å². The summed E-state index contributed by atoms with van der Waals surface area (Å²) in [4.78, 5) is 18.9. The monoisotopic (exact) mass is 284 g/mol. The Bertz CT molecular complexity index is 755. The van der Waals surface area contributed by atoms with E-state index in [1.54, 1.807) is 6.07 Å². The molecule has 0 fully saturated rings. The van der Waals surface area contributed by atoms with Crippen LogP contribution in [0.2, 0.25) is 0 Å². The van der Waals surface area contributed by atoms with Crippen LogP contribution in [0, 0.1) is 0 Å². The number of aromatic amines is 1. The van der Waals surface area contributed by atoms with Crippen molar-refractivity contribution in [2.45, 2.75) is 26.7 Å². The molecule has 0 spiro atoms. The van der Waals surface area contributed by atoms with Crippen LogP contribution < -0.4 is 4.74 Å². The minimum atomic E-state index is -0.379. The Morgan fingerprint density at radius 3 is 2.90 bits per heavy atom. The molecule has 2 aromatic heterocycles. The molecule has 0 bridgehead atoms. The summed E-state index contributed by atoms with van der Waals surface area (Å²) in [7, 11) is 0. The summed E-state index contributed by atoms with van der Waals surface area (Å²) < 4.78 is 6.76. The fourth-order valence-corrected chi connectivity index (χ4v) is 2.20. The first-order chi connectivity index (χ1) is 10.2. The van der Waals surface area contributed by atoms with Gasteiger partial charge in [-0.3, -0.25) is 4.79 Å². The topological polar surface area (TPSA) is 72.8 Å². The number of para-hydroxylation sites is 2. The van der Waals surface area contributed by atoms with Crippen molar-refractivity contribution in [2.75, 3.05) is 0 Å². The Hall–Kier alpha value is -2.63. The number of aryl methyl sites for hydroxylation is 1. The Labute approximate surface area is 121 Å². The standard InChI is InChI=1S/C15H16N4O2/c1-3-6-11-9-14(21-10(2)20)19(18-11)15-16-12-7-4-5-8-13(12)17-15/h4-5,7-9H,3,6H2,1-2H3,(H,16,17). The lowest BCUT2D eigenvalue weighted by Crippen LogP contribution is -2.08. The fourth-order valence-electron chi connectivity index (χ4n) is 2.20. The lowest BCUT2D eigenvalue weighted by Gasteiger charge is -2.02. The number of carbonyl (C=O) groups is 1. The third-order valence-corrected chi connectivity index (χ3v) is 3.06. The van der Waals surface area contributed by atoms with Crippen LogP contribution in [-0.2, 0) is 11.2 Å². The molecule has 6 nitrogen and oxygen atoms in total. The van der Waals surface area contributed by atoms with E-state index in [4.69, 9.17) is 4.74 Å². The van der Waals surface area contributed by atoms with Gasteiger partial charge in [-0.25, -0.2) is 4.98 Å². The number of fused-ring (bicyclic) bond motifs is 1. The summed E-state index contributed by atoms with van der Waals surface area (Å²) in [6.07, 6.45) is 1.79. The van der Waals surface area contributed by atoms with Gasteiger partial charge in [-0.15, -0.1) is 0 Å². The van der Waals surface area contributed by atoms with E-state index in [2.05, 4.69) is 22.0 Å². The Balaban J connectivity index is 2.08. The zero-order valence-electron chi connectivity index (χ0n) is 12.0. The number of nitrogens with zero attached hydrogens (tertiary/aromatic N) is 3. The summed E-state index contributed by atoms with van der Waals surface area (Å²) in [5, 5.41) is 4.46. The molecule has 6 heteroatoms. The first-order valence-electron chi connectivity index (χ1n) is 6.90. The minimum absolute atomic E-state index is 0.379. The number of ether oxygens (including phenoxy) is 1. The highest BCUT2D eigenvalue weighted by Crippen LogP contribution is 2.21. The Kier molecular flexibility index (Phi) is 3.43. The normalized spacial score (nSPS) is 11.0. The van der Waals surface area contributed by atoms with Gasteiger partial charge in [0, 0.05) is 13.0 Å². The zero-order chi connectivity index (χ0) is 14.8.